The molecule has 4 heteroatoms. The summed E-state index contributed by atoms with van der Waals surface area (Å²) in [5, 5.41) is 0. The second kappa shape index (κ2) is 2.39. The number of fused-ring (bicyclic) bond motifs is 1. The summed E-state index contributed by atoms with van der Waals surface area (Å²) in [5.74, 6) is -0.858. The Hall–Kier alpha value is -0.710. The highest BCUT2D eigenvalue weighted by Crippen LogP contribution is 2.40. The van der Waals surface area contributed by atoms with Crippen LogP contribution in [0, 0.1) is 0 Å². The van der Waals surface area contributed by atoms with Crippen molar-refractivity contribution >= 4 is 5.78 Å². The van der Waals surface area contributed by atoms with Crippen LogP contribution in [0.3, 0.4) is 0 Å². The fraction of sp³-hybridized carbons (Fsp3) is 0.625. The highest BCUT2D eigenvalue weighted by atomic mass is 16.7. The van der Waals surface area contributed by atoms with Gasteiger partial charge >= 0.3 is 0 Å². The van der Waals surface area contributed by atoms with E-state index in [2.05, 4.69) is 0 Å². The summed E-state index contributed by atoms with van der Waals surface area (Å²) in [6.45, 7) is 0. The summed E-state index contributed by atoms with van der Waals surface area (Å²) in [5.41, 5.74) is 0. The minimum Gasteiger partial charge on any atom is -0.355 e. The lowest BCUT2D eigenvalue weighted by atomic mass is 10.0. The Kier molecular flexibility index (Phi) is 1.57. The number of epoxide rings is 1. The van der Waals surface area contributed by atoms with Crippen LogP contribution in [0.5, 0.6) is 0 Å². The van der Waals surface area contributed by atoms with Crippen LogP contribution in [0.25, 0.3) is 0 Å². The van der Waals surface area contributed by atoms with E-state index in [1.807, 2.05) is 0 Å². The highest BCUT2D eigenvalue weighted by molar-refractivity contribution is 5.97. The largest absolute Gasteiger partial charge is 0.355 e. The van der Waals surface area contributed by atoms with E-state index in [0.717, 1.165) is 0 Å². The molecule has 2 atom stereocenters. The zero-order valence-corrected chi connectivity index (χ0v) is 6.94. The first-order chi connectivity index (χ1) is 5.73. The van der Waals surface area contributed by atoms with E-state index < -0.39 is 5.79 Å². The van der Waals surface area contributed by atoms with Gasteiger partial charge in [-0.1, -0.05) is 0 Å². The first kappa shape index (κ1) is 7.91. The summed E-state index contributed by atoms with van der Waals surface area (Å²) in [6.07, 6.45) is 2.44. The smallest absolute Gasteiger partial charge is 0.218 e. The number of hydrogen-bond donors (Lipinski definition) is 0. The zero-order chi connectivity index (χ0) is 8.77. The van der Waals surface area contributed by atoms with Crippen molar-refractivity contribution in [3.05, 3.63) is 12.2 Å². The van der Waals surface area contributed by atoms with Crippen molar-refractivity contribution in [3.63, 3.8) is 0 Å². The predicted octanol–water partition coefficient (Wildman–Crippen LogP) is -0.118. The van der Waals surface area contributed by atoms with Gasteiger partial charge in [-0.3, -0.25) is 4.79 Å². The Balaban J connectivity index is 2.28. The first-order valence-corrected chi connectivity index (χ1v) is 3.72. The summed E-state index contributed by atoms with van der Waals surface area (Å²) in [4.78, 5) is 11.0. The third-order valence-electron chi connectivity index (χ3n) is 2.29. The monoisotopic (exact) mass is 170 g/mol. The maximum absolute atomic E-state index is 11.0. The minimum atomic E-state index is -0.849. The van der Waals surface area contributed by atoms with Crippen molar-refractivity contribution in [1.29, 1.82) is 0 Å². The van der Waals surface area contributed by atoms with E-state index in [0.29, 0.717) is 0 Å². The molecule has 1 aliphatic heterocycles. The molecule has 0 radical (unpaired) electrons. The van der Waals surface area contributed by atoms with E-state index in [4.69, 9.17) is 14.2 Å². The van der Waals surface area contributed by atoms with Crippen molar-refractivity contribution in [3.8, 4) is 0 Å². The van der Waals surface area contributed by atoms with Gasteiger partial charge in [0.05, 0.1) is 0 Å². The van der Waals surface area contributed by atoms with Gasteiger partial charge in [0.1, 0.15) is 6.10 Å². The van der Waals surface area contributed by atoms with Crippen molar-refractivity contribution < 1.29 is 19.0 Å². The number of methoxy groups -OCH3 is 2. The molecule has 2 rings (SSSR count). The molecule has 0 amide bonds. The van der Waals surface area contributed by atoms with E-state index in [1.54, 1.807) is 6.08 Å². The van der Waals surface area contributed by atoms with Crippen LogP contribution >= 0.6 is 0 Å². The van der Waals surface area contributed by atoms with E-state index in [9.17, 15) is 4.79 Å². The van der Waals surface area contributed by atoms with Gasteiger partial charge in [-0.2, -0.15) is 0 Å². The van der Waals surface area contributed by atoms with Crippen LogP contribution in [-0.2, 0) is 19.0 Å². The molecule has 1 heterocycles. The number of rotatable bonds is 2. The van der Waals surface area contributed by atoms with E-state index >= 15 is 0 Å². The molecule has 2 unspecified atom stereocenters. The summed E-state index contributed by atoms with van der Waals surface area (Å²) < 4.78 is 15.4. The normalized spacial score (nSPS) is 36.3. The fourth-order valence-corrected chi connectivity index (χ4v) is 1.47. The molecule has 1 saturated heterocycles. The molecule has 0 saturated carbocycles. The maximum Gasteiger partial charge on any atom is 0.218 e. The first-order valence-electron chi connectivity index (χ1n) is 3.72. The van der Waals surface area contributed by atoms with Gasteiger partial charge in [0.15, 0.2) is 11.9 Å². The molecule has 0 spiro atoms. The van der Waals surface area contributed by atoms with Gasteiger partial charge in [-0.15, -0.1) is 0 Å². The summed E-state index contributed by atoms with van der Waals surface area (Å²) in [7, 11) is 3.06. The molecule has 4 nitrogen and oxygen atoms in total. The van der Waals surface area contributed by atoms with Gasteiger partial charge in [-0.05, 0) is 12.2 Å². The molecule has 1 aliphatic carbocycles. The summed E-state index contributed by atoms with van der Waals surface area (Å²) in [6, 6.07) is 0. The van der Waals surface area contributed by atoms with Crippen molar-refractivity contribution in [2.45, 2.75) is 18.0 Å². The zero-order valence-electron chi connectivity index (χ0n) is 6.94. The SMILES string of the molecule is COC1(OC)C=CC(=O)C2OC21. The summed E-state index contributed by atoms with van der Waals surface area (Å²) >= 11 is 0. The Morgan fingerprint density at radius 3 is 2.75 bits per heavy atom. The third kappa shape index (κ3) is 0.857. The van der Waals surface area contributed by atoms with Crippen molar-refractivity contribution in [1.82, 2.24) is 0 Å². The van der Waals surface area contributed by atoms with Crippen LogP contribution in [0.1, 0.15) is 0 Å². The topological polar surface area (TPSA) is 48.1 Å². The van der Waals surface area contributed by atoms with Crippen LogP contribution in [0.2, 0.25) is 0 Å². The molecular weight excluding hydrogens is 160 g/mol. The van der Waals surface area contributed by atoms with Gasteiger partial charge in [0, 0.05) is 14.2 Å². The molecule has 1 fully saturated rings. The minimum absolute atomic E-state index is 0.00951. The lowest BCUT2D eigenvalue weighted by Crippen LogP contribution is -2.42. The molecule has 0 bridgehead atoms. The van der Waals surface area contributed by atoms with Crippen LogP contribution in [-0.4, -0.2) is 38.0 Å². The molecule has 0 aromatic heterocycles. The average molecular weight is 170 g/mol. The van der Waals surface area contributed by atoms with Gasteiger partial charge in [0.25, 0.3) is 0 Å². The standard InChI is InChI=1S/C8H10O4/c1-10-8(11-2)4-3-5(9)6-7(8)12-6/h3-4,6-7H,1-2H3. The lowest BCUT2D eigenvalue weighted by Gasteiger charge is -2.26. The predicted molar refractivity (Wildman–Crippen MR) is 39.6 cm³/mol. The van der Waals surface area contributed by atoms with Gasteiger partial charge in [-0.25, -0.2) is 0 Å². The Morgan fingerprint density at radius 2 is 2.17 bits per heavy atom. The van der Waals surface area contributed by atoms with E-state index in [1.165, 1.54) is 20.3 Å². The molecule has 2 aliphatic rings. The van der Waals surface area contributed by atoms with Crippen molar-refractivity contribution in [2.75, 3.05) is 14.2 Å². The van der Waals surface area contributed by atoms with Gasteiger partial charge < -0.3 is 14.2 Å². The van der Waals surface area contributed by atoms with Crippen molar-refractivity contribution in [2.24, 2.45) is 0 Å². The quantitative estimate of drug-likeness (QED) is 0.428. The number of ketones is 1. The number of carbonyl (C=O) groups is 1. The molecule has 66 valence electrons. The number of carbonyl (C=O) groups excluding carboxylic acids is 1. The van der Waals surface area contributed by atoms with Gasteiger partial charge in [0.2, 0.25) is 5.79 Å². The fourth-order valence-electron chi connectivity index (χ4n) is 1.47. The molecule has 0 N–H and O–H groups in total. The Labute approximate surface area is 70.1 Å². The average Bonchev–Trinajstić information content (AvgIpc) is 2.87. The maximum atomic E-state index is 11.0. The molecule has 12 heavy (non-hydrogen) atoms. The van der Waals surface area contributed by atoms with Crippen LogP contribution < -0.4 is 0 Å². The molecule has 0 aromatic carbocycles. The third-order valence-corrected chi connectivity index (χ3v) is 2.29. The second-order valence-corrected chi connectivity index (χ2v) is 2.84. The second-order valence-electron chi connectivity index (χ2n) is 2.84. The number of ether oxygens (including phenoxy) is 3. The molecular formula is C8H10O4. The number of hydrogen-bond acceptors (Lipinski definition) is 4. The Bertz CT molecular complexity index is 241. The van der Waals surface area contributed by atoms with Crippen LogP contribution in [0.4, 0.5) is 0 Å². The highest BCUT2D eigenvalue weighted by Gasteiger charge is 2.60. The Morgan fingerprint density at radius 1 is 1.50 bits per heavy atom. The van der Waals surface area contributed by atoms with E-state index in [-0.39, 0.29) is 18.0 Å². The molecule has 0 aromatic rings. The lowest BCUT2D eigenvalue weighted by molar-refractivity contribution is -0.183. The van der Waals surface area contributed by atoms with Crippen LogP contribution in [0.15, 0.2) is 12.2 Å².